The molecule has 8 aromatic carbocycles. The highest BCUT2D eigenvalue weighted by Crippen LogP contribution is 2.40. The monoisotopic (exact) mass is 547 g/mol. The Morgan fingerprint density at radius 3 is 1.49 bits per heavy atom. The van der Waals surface area contributed by atoms with Crippen LogP contribution in [-0.2, 0) is 0 Å². The van der Waals surface area contributed by atoms with Crippen molar-refractivity contribution in [3.05, 3.63) is 170 Å². The van der Waals surface area contributed by atoms with Gasteiger partial charge in [0.15, 0.2) is 0 Å². The molecule has 0 amide bonds. The summed E-state index contributed by atoms with van der Waals surface area (Å²) in [4.78, 5) is 0. The summed E-state index contributed by atoms with van der Waals surface area (Å²) in [5.41, 5.74) is 9.51. The van der Waals surface area contributed by atoms with Crippen molar-refractivity contribution < 1.29 is 0 Å². The summed E-state index contributed by atoms with van der Waals surface area (Å²) in [7, 11) is 0. The zero-order chi connectivity index (χ0) is 28.6. The van der Waals surface area contributed by atoms with Crippen LogP contribution in [0.15, 0.2) is 170 Å². The van der Waals surface area contributed by atoms with Crippen molar-refractivity contribution in [2.75, 3.05) is 5.32 Å². The van der Waals surface area contributed by atoms with E-state index in [1.807, 2.05) is 0 Å². The van der Waals surface area contributed by atoms with Gasteiger partial charge in [0.2, 0.25) is 0 Å². The lowest BCUT2D eigenvalue weighted by Gasteiger charge is -2.16. The van der Waals surface area contributed by atoms with Crippen LogP contribution in [0.2, 0.25) is 0 Å². The molecule has 0 aliphatic rings. The number of para-hydroxylation sites is 1. The Balaban J connectivity index is 1.21. The van der Waals surface area contributed by atoms with Gasteiger partial charge >= 0.3 is 0 Å². The van der Waals surface area contributed by atoms with Crippen molar-refractivity contribution in [2.45, 2.75) is 0 Å². The van der Waals surface area contributed by atoms with E-state index in [0.29, 0.717) is 0 Å². The fourth-order valence-electron chi connectivity index (χ4n) is 6.45. The zero-order valence-electron chi connectivity index (χ0n) is 23.7. The number of anilines is 2. The van der Waals surface area contributed by atoms with Crippen molar-refractivity contribution in [1.82, 2.24) is 0 Å². The molecule has 1 N–H and O–H groups in total. The van der Waals surface area contributed by atoms with Crippen LogP contribution in [0.4, 0.5) is 11.4 Å². The minimum atomic E-state index is 1.06. The molecule has 0 aromatic heterocycles. The number of nitrogens with one attached hydrogen (secondary N) is 1. The highest BCUT2D eigenvalue weighted by atomic mass is 14.9. The molecular formula is C42H29N. The number of benzene rings is 8. The van der Waals surface area contributed by atoms with Crippen molar-refractivity contribution in [1.29, 1.82) is 0 Å². The minimum absolute atomic E-state index is 1.06. The molecule has 0 saturated heterocycles. The molecule has 43 heavy (non-hydrogen) atoms. The predicted octanol–water partition coefficient (Wildman–Crippen LogP) is 11.9. The van der Waals surface area contributed by atoms with Gasteiger partial charge in [-0.25, -0.2) is 0 Å². The van der Waals surface area contributed by atoms with Crippen molar-refractivity contribution in [2.24, 2.45) is 0 Å². The second-order valence-electron chi connectivity index (χ2n) is 11.0. The molecule has 0 spiro atoms. The van der Waals surface area contributed by atoms with Crippen LogP contribution in [0.1, 0.15) is 0 Å². The topological polar surface area (TPSA) is 12.0 Å². The fourth-order valence-corrected chi connectivity index (χ4v) is 6.45. The van der Waals surface area contributed by atoms with Crippen LogP contribution < -0.4 is 5.32 Å². The van der Waals surface area contributed by atoms with Crippen LogP contribution in [-0.4, -0.2) is 0 Å². The van der Waals surface area contributed by atoms with E-state index in [9.17, 15) is 0 Å². The van der Waals surface area contributed by atoms with E-state index in [-0.39, 0.29) is 0 Å². The van der Waals surface area contributed by atoms with Gasteiger partial charge < -0.3 is 5.32 Å². The largest absolute Gasteiger partial charge is 0.355 e. The quantitative estimate of drug-likeness (QED) is 0.226. The molecule has 0 bridgehead atoms. The number of hydrogen-bond donors (Lipinski definition) is 1. The van der Waals surface area contributed by atoms with Crippen molar-refractivity contribution >= 4 is 43.7 Å². The summed E-state index contributed by atoms with van der Waals surface area (Å²) in [5.74, 6) is 0. The Morgan fingerprint density at radius 2 is 0.767 bits per heavy atom. The normalized spacial score (nSPS) is 11.3. The van der Waals surface area contributed by atoms with E-state index in [0.717, 1.165) is 11.4 Å². The molecule has 0 aliphatic carbocycles. The molecule has 0 atom stereocenters. The second-order valence-corrected chi connectivity index (χ2v) is 11.0. The molecule has 0 radical (unpaired) electrons. The van der Waals surface area contributed by atoms with E-state index in [1.54, 1.807) is 0 Å². The molecule has 1 nitrogen and oxygen atoms in total. The van der Waals surface area contributed by atoms with Crippen LogP contribution in [0.3, 0.4) is 0 Å². The van der Waals surface area contributed by atoms with E-state index in [1.165, 1.54) is 65.7 Å². The third-order valence-electron chi connectivity index (χ3n) is 8.46. The maximum atomic E-state index is 3.75. The first-order chi connectivity index (χ1) is 21.3. The Bertz CT molecular complexity index is 2270. The predicted molar refractivity (Wildman–Crippen MR) is 185 cm³/mol. The smallest absolute Gasteiger partial charge is 0.0464 e. The van der Waals surface area contributed by atoms with Crippen LogP contribution in [0, 0.1) is 0 Å². The van der Waals surface area contributed by atoms with E-state index < -0.39 is 0 Å². The third kappa shape index (κ3) is 4.52. The van der Waals surface area contributed by atoms with Gasteiger partial charge in [0, 0.05) is 16.9 Å². The third-order valence-corrected chi connectivity index (χ3v) is 8.46. The standard InChI is InChI=1S/C42H29N/c1-3-18-33-29(12-1)14-10-23-37(33)40-27-26-35(36-20-5-6-21-39(36)40)31-16-9-17-32(28-31)43-42-25-8-7-22-41(42)38-24-11-15-30-13-2-4-19-34(30)38/h1-28,43H. The summed E-state index contributed by atoms with van der Waals surface area (Å²) in [6, 6.07) is 61.0. The average Bonchev–Trinajstić information content (AvgIpc) is 3.08. The maximum Gasteiger partial charge on any atom is 0.0464 e. The van der Waals surface area contributed by atoms with Crippen LogP contribution in [0.25, 0.3) is 65.7 Å². The number of fused-ring (bicyclic) bond motifs is 3. The lowest BCUT2D eigenvalue weighted by molar-refractivity contribution is 1.54. The zero-order valence-corrected chi connectivity index (χ0v) is 23.7. The molecule has 0 fully saturated rings. The maximum absolute atomic E-state index is 3.75. The first-order valence-corrected chi connectivity index (χ1v) is 14.8. The van der Waals surface area contributed by atoms with Crippen molar-refractivity contribution in [3.8, 4) is 33.4 Å². The molecule has 0 unspecified atom stereocenters. The van der Waals surface area contributed by atoms with Gasteiger partial charge in [-0.2, -0.15) is 0 Å². The molecule has 8 aromatic rings. The number of hydrogen-bond acceptors (Lipinski definition) is 1. The van der Waals surface area contributed by atoms with Gasteiger partial charge in [-0.1, -0.05) is 152 Å². The summed E-state index contributed by atoms with van der Waals surface area (Å²) >= 11 is 0. The van der Waals surface area contributed by atoms with Crippen molar-refractivity contribution in [3.63, 3.8) is 0 Å². The molecule has 8 rings (SSSR count). The second kappa shape index (κ2) is 10.6. The molecule has 0 saturated carbocycles. The Kier molecular flexibility index (Phi) is 6.20. The van der Waals surface area contributed by atoms with Gasteiger partial charge in [0.1, 0.15) is 0 Å². The van der Waals surface area contributed by atoms with Gasteiger partial charge in [-0.15, -0.1) is 0 Å². The van der Waals surface area contributed by atoms with Gasteiger partial charge in [0.05, 0.1) is 0 Å². The molecular weight excluding hydrogens is 518 g/mol. The highest BCUT2D eigenvalue weighted by Gasteiger charge is 2.13. The minimum Gasteiger partial charge on any atom is -0.355 e. The lowest BCUT2D eigenvalue weighted by atomic mass is 9.90. The van der Waals surface area contributed by atoms with Gasteiger partial charge in [0.25, 0.3) is 0 Å². The SMILES string of the molecule is c1cc(Nc2ccccc2-c2cccc3ccccc23)cc(-c2ccc(-c3cccc4ccccc34)c3ccccc23)c1. The first kappa shape index (κ1) is 25.1. The van der Waals surface area contributed by atoms with E-state index in [2.05, 4.69) is 175 Å². The Labute approximate surface area is 251 Å². The average molecular weight is 548 g/mol. The van der Waals surface area contributed by atoms with Crippen LogP contribution in [0.5, 0.6) is 0 Å². The van der Waals surface area contributed by atoms with E-state index >= 15 is 0 Å². The molecule has 0 heterocycles. The summed E-state index contributed by atoms with van der Waals surface area (Å²) < 4.78 is 0. The summed E-state index contributed by atoms with van der Waals surface area (Å²) in [6.45, 7) is 0. The summed E-state index contributed by atoms with van der Waals surface area (Å²) in [5, 5.41) is 11.3. The van der Waals surface area contributed by atoms with Gasteiger partial charge in [-0.05, 0) is 78.3 Å². The Morgan fingerprint density at radius 1 is 0.302 bits per heavy atom. The molecule has 202 valence electrons. The molecule has 1 heteroatoms. The van der Waals surface area contributed by atoms with Gasteiger partial charge in [-0.3, -0.25) is 0 Å². The fraction of sp³-hybridized carbons (Fsp3) is 0. The van der Waals surface area contributed by atoms with Crippen LogP contribution >= 0.6 is 0 Å². The van der Waals surface area contributed by atoms with E-state index in [4.69, 9.17) is 0 Å². The number of rotatable bonds is 5. The highest BCUT2D eigenvalue weighted by molar-refractivity contribution is 6.09. The molecule has 0 aliphatic heterocycles. The Hall–Kier alpha value is -5.66. The summed E-state index contributed by atoms with van der Waals surface area (Å²) in [6.07, 6.45) is 0. The first-order valence-electron chi connectivity index (χ1n) is 14.8. The lowest BCUT2D eigenvalue weighted by Crippen LogP contribution is -1.94.